The van der Waals surface area contributed by atoms with Crippen LogP contribution < -0.4 is 0 Å². The Labute approximate surface area is 147 Å². The van der Waals surface area contributed by atoms with Crippen LogP contribution in [0.3, 0.4) is 0 Å². The first-order chi connectivity index (χ1) is 11.5. The number of benzene rings is 3. The fourth-order valence-electron chi connectivity index (χ4n) is 2.71. The third-order valence-electron chi connectivity index (χ3n) is 4.03. The Kier molecular flexibility index (Phi) is 5.22. The average Bonchev–Trinajstić information content (AvgIpc) is 2.60. The van der Waals surface area contributed by atoms with Gasteiger partial charge in [-0.2, -0.15) is 0 Å². The summed E-state index contributed by atoms with van der Waals surface area (Å²) in [7, 11) is 3.44. The maximum Gasteiger partial charge on any atom is 0.253 e. The minimum Gasteiger partial charge on any atom is -0.507 e. The molecule has 0 saturated heterocycles. The number of hydrogen-bond acceptors (Lipinski definition) is 3. The lowest BCUT2D eigenvalue weighted by Crippen LogP contribution is -2.21. The predicted molar refractivity (Wildman–Crippen MR) is 101 cm³/mol. The van der Waals surface area contributed by atoms with Crippen molar-refractivity contribution in [1.82, 2.24) is 4.90 Å². The maximum absolute atomic E-state index is 11.9. The SMILES string of the molecule is C.CN(C)C(=O)c1ccc(-c2ccc3c(C=O)c(O)ccc3c2)cc1. The fourth-order valence-corrected chi connectivity index (χ4v) is 2.71. The molecule has 0 radical (unpaired) electrons. The zero-order chi connectivity index (χ0) is 17.3. The Morgan fingerprint density at radius 3 is 2.20 bits per heavy atom. The fraction of sp³-hybridized carbons (Fsp3) is 0.143. The molecule has 25 heavy (non-hydrogen) atoms. The third kappa shape index (κ3) is 3.38. The molecule has 0 bridgehead atoms. The molecule has 0 spiro atoms. The number of phenols is 1. The minimum atomic E-state index is -0.0360. The number of phenolic OH excluding ortho intramolecular Hbond substituents is 1. The van der Waals surface area contributed by atoms with E-state index in [9.17, 15) is 14.7 Å². The summed E-state index contributed by atoms with van der Waals surface area (Å²) in [5.41, 5.74) is 2.89. The number of carbonyl (C=O) groups is 2. The van der Waals surface area contributed by atoms with Crippen LogP contribution in [0.4, 0.5) is 0 Å². The van der Waals surface area contributed by atoms with Crippen LogP contribution >= 0.6 is 0 Å². The van der Waals surface area contributed by atoms with Gasteiger partial charge in [0, 0.05) is 19.7 Å². The average molecular weight is 335 g/mol. The molecule has 0 aliphatic rings. The molecule has 0 saturated carbocycles. The molecule has 1 N–H and O–H groups in total. The number of nitrogens with zero attached hydrogens (tertiary/aromatic N) is 1. The van der Waals surface area contributed by atoms with Crippen molar-refractivity contribution in [3.8, 4) is 16.9 Å². The number of hydrogen-bond donors (Lipinski definition) is 1. The first-order valence-corrected chi connectivity index (χ1v) is 7.54. The molecular formula is C21H21NO3. The Morgan fingerprint density at radius 1 is 0.960 bits per heavy atom. The molecule has 0 aliphatic carbocycles. The highest BCUT2D eigenvalue weighted by molar-refractivity contribution is 6.02. The first-order valence-electron chi connectivity index (χ1n) is 7.54. The van der Waals surface area contributed by atoms with E-state index in [-0.39, 0.29) is 19.1 Å². The van der Waals surface area contributed by atoms with Gasteiger partial charge in [-0.3, -0.25) is 9.59 Å². The lowest BCUT2D eigenvalue weighted by atomic mass is 9.97. The quantitative estimate of drug-likeness (QED) is 0.723. The zero-order valence-corrected chi connectivity index (χ0v) is 13.5. The molecule has 0 atom stereocenters. The van der Waals surface area contributed by atoms with Gasteiger partial charge in [0.1, 0.15) is 5.75 Å². The van der Waals surface area contributed by atoms with Crippen molar-refractivity contribution in [3.05, 3.63) is 65.7 Å². The van der Waals surface area contributed by atoms with Gasteiger partial charge in [-0.15, -0.1) is 0 Å². The smallest absolute Gasteiger partial charge is 0.253 e. The van der Waals surface area contributed by atoms with Crippen LogP contribution in [0, 0.1) is 0 Å². The molecule has 0 unspecified atom stereocenters. The van der Waals surface area contributed by atoms with Gasteiger partial charge < -0.3 is 10.0 Å². The largest absolute Gasteiger partial charge is 0.507 e. The van der Waals surface area contributed by atoms with Gasteiger partial charge in [-0.1, -0.05) is 37.8 Å². The van der Waals surface area contributed by atoms with Crippen molar-refractivity contribution < 1.29 is 14.7 Å². The van der Waals surface area contributed by atoms with E-state index in [2.05, 4.69) is 0 Å². The summed E-state index contributed by atoms with van der Waals surface area (Å²) in [6, 6.07) is 16.4. The Hall–Kier alpha value is -3.14. The molecule has 0 heterocycles. The maximum atomic E-state index is 11.9. The highest BCUT2D eigenvalue weighted by Gasteiger charge is 2.09. The van der Waals surface area contributed by atoms with Crippen molar-refractivity contribution in [3.63, 3.8) is 0 Å². The molecule has 0 fully saturated rings. The Morgan fingerprint density at radius 2 is 1.60 bits per heavy atom. The second kappa shape index (κ2) is 7.18. The van der Waals surface area contributed by atoms with Crippen molar-refractivity contribution in [2.45, 2.75) is 7.43 Å². The molecule has 3 rings (SSSR count). The summed E-state index contributed by atoms with van der Waals surface area (Å²) < 4.78 is 0. The predicted octanol–water partition coefficient (Wildman–Crippen LogP) is 4.36. The van der Waals surface area contributed by atoms with Gasteiger partial charge in [0.05, 0.1) is 5.56 Å². The summed E-state index contributed by atoms with van der Waals surface area (Å²) >= 11 is 0. The van der Waals surface area contributed by atoms with E-state index in [4.69, 9.17) is 0 Å². The van der Waals surface area contributed by atoms with Crippen molar-refractivity contribution >= 4 is 23.0 Å². The molecule has 3 aromatic rings. The Balaban J connectivity index is 0.00000225. The van der Waals surface area contributed by atoms with Crippen LogP contribution in [0.1, 0.15) is 28.1 Å². The molecule has 4 nitrogen and oxygen atoms in total. The molecule has 4 heteroatoms. The minimum absolute atomic E-state index is 0. The molecular weight excluding hydrogens is 314 g/mol. The standard InChI is InChI=1S/C20H17NO3.CH4/c1-21(2)20(24)14-5-3-13(4-6-14)15-7-9-17-16(11-15)8-10-19(23)18(17)12-22;/h3-12,23H,1-2H3;1H4. The monoisotopic (exact) mass is 335 g/mol. The van der Waals surface area contributed by atoms with Crippen molar-refractivity contribution in [2.24, 2.45) is 0 Å². The Bertz CT molecular complexity index is 928. The van der Waals surface area contributed by atoms with Crippen molar-refractivity contribution in [1.29, 1.82) is 0 Å². The summed E-state index contributed by atoms with van der Waals surface area (Å²) in [4.78, 5) is 24.6. The summed E-state index contributed by atoms with van der Waals surface area (Å²) in [5.74, 6) is -0.0528. The van der Waals surface area contributed by atoms with Gasteiger partial charge in [-0.05, 0) is 46.2 Å². The van der Waals surface area contributed by atoms with Crippen molar-refractivity contribution in [2.75, 3.05) is 14.1 Å². The molecule has 128 valence electrons. The van der Waals surface area contributed by atoms with E-state index in [1.807, 2.05) is 30.3 Å². The lowest BCUT2D eigenvalue weighted by molar-refractivity contribution is 0.0827. The summed E-state index contributed by atoms with van der Waals surface area (Å²) in [6.45, 7) is 0. The van der Waals surface area contributed by atoms with Crippen LogP contribution in [0.5, 0.6) is 5.75 Å². The highest BCUT2D eigenvalue weighted by atomic mass is 16.3. The molecule has 0 aliphatic heterocycles. The number of aldehydes is 1. The molecule has 0 aromatic heterocycles. The van der Waals surface area contributed by atoms with Crippen LogP contribution in [0.15, 0.2) is 54.6 Å². The number of carbonyl (C=O) groups excluding carboxylic acids is 2. The van der Waals surface area contributed by atoms with Gasteiger partial charge in [0.25, 0.3) is 5.91 Å². The van der Waals surface area contributed by atoms with Crippen LogP contribution in [0.25, 0.3) is 21.9 Å². The highest BCUT2D eigenvalue weighted by Crippen LogP contribution is 2.30. The summed E-state index contributed by atoms with van der Waals surface area (Å²) in [5, 5.41) is 11.3. The number of fused-ring (bicyclic) bond motifs is 1. The number of aromatic hydroxyl groups is 1. The second-order valence-electron chi connectivity index (χ2n) is 5.83. The van der Waals surface area contributed by atoms with Crippen LogP contribution in [-0.4, -0.2) is 36.3 Å². The van der Waals surface area contributed by atoms with Crippen LogP contribution in [-0.2, 0) is 0 Å². The molecule has 1 amide bonds. The van der Waals surface area contributed by atoms with Gasteiger partial charge in [0.15, 0.2) is 6.29 Å². The van der Waals surface area contributed by atoms with E-state index in [0.717, 1.165) is 16.5 Å². The second-order valence-corrected chi connectivity index (χ2v) is 5.83. The van der Waals surface area contributed by atoms with Gasteiger partial charge in [0.2, 0.25) is 0 Å². The third-order valence-corrected chi connectivity index (χ3v) is 4.03. The number of rotatable bonds is 3. The van der Waals surface area contributed by atoms with E-state index in [0.29, 0.717) is 22.8 Å². The van der Waals surface area contributed by atoms with E-state index < -0.39 is 0 Å². The van der Waals surface area contributed by atoms with E-state index in [1.54, 1.807) is 37.2 Å². The van der Waals surface area contributed by atoms with E-state index >= 15 is 0 Å². The normalized spacial score (nSPS) is 10.2. The topological polar surface area (TPSA) is 57.6 Å². The molecule has 3 aromatic carbocycles. The van der Waals surface area contributed by atoms with Gasteiger partial charge in [-0.25, -0.2) is 0 Å². The first kappa shape index (κ1) is 18.2. The summed E-state index contributed by atoms with van der Waals surface area (Å²) in [6.07, 6.45) is 0.666. The van der Waals surface area contributed by atoms with Crippen LogP contribution in [0.2, 0.25) is 0 Å². The van der Waals surface area contributed by atoms with E-state index in [1.165, 1.54) is 6.07 Å². The lowest BCUT2D eigenvalue weighted by Gasteiger charge is -2.11. The number of amides is 1. The van der Waals surface area contributed by atoms with Gasteiger partial charge >= 0.3 is 0 Å². The zero-order valence-electron chi connectivity index (χ0n) is 13.5.